The Balaban J connectivity index is 0.00000300. The molecule has 0 spiro atoms. The van der Waals surface area contributed by atoms with Gasteiger partial charge in [-0.05, 0) is 31.4 Å². The molecule has 162 valence electrons. The van der Waals surface area contributed by atoms with Gasteiger partial charge in [-0.1, -0.05) is 25.1 Å². The van der Waals surface area contributed by atoms with Crippen LogP contribution in [0, 0.1) is 0 Å². The number of hydrogen-bond acceptors (Lipinski definition) is 4. The molecule has 1 aromatic carbocycles. The monoisotopic (exact) mass is 534 g/mol. The zero-order chi connectivity index (χ0) is 20.0. The molecule has 29 heavy (non-hydrogen) atoms. The van der Waals surface area contributed by atoms with Gasteiger partial charge in [0.25, 0.3) is 0 Å². The van der Waals surface area contributed by atoms with Crippen LogP contribution < -0.4 is 10.6 Å². The molecule has 1 fully saturated rings. The second-order valence-electron chi connectivity index (χ2n) is 7.13. The molecule has 1 saturated heterocycles. The van der Waals surface area contributed by atoms with E-state index in [0.29, 0.717) is 26.1 Å². The van der Waals surface area contributed by atoms with Crippen LogP contribution in [0.3, 0.4) is 0 Å². The molecule has 7 nitrogen and oxygen atoms in total. The van der Waals surface area contributed by atoms with Crippen molar-refractivity contribution in [2.24, 2.45) is 4.99 Å². The molecule has 0 amide bonds. The quantitative estimate of drug-likeness (QED) is 0.324. The van der Waals surface area contributed by atoms with Gasteiger partial charge in [0.15, 0.2) is 5.96 Å². The van der Waals surface area contributed by atoms with E-state index in [1.54, 1.807) is 11.4 Å². The predicted octanol–water partition coefficient (Wildman–Crippen LogP) is 2.96. The van der Waals surface area contributed by atoms with Crippen LogP contribution in [-0.2, 0) is 16.4 Å². The van der Waals surface area contributed by atoms with E-state index in [9.17, 15) is 8.42 Å². The van der Waals surface area contributed by atoms with E-state index in [0.717, 1.165) is 42.0 Å². The lowest BCUT2D eigenvalue weighted by Gasteiger charge is -2.32. The van der Waals surface area contributed by atoms with Gasteiger partial charge in [-0.15, -0.1) is 24.0 Å². The first-order valence-corrected chi connectivity index (χ1v) is 11.5. The van der Waals surface area contributed by atoms with Crippen molar-refractivity contribution in [1.82, 2.24) is 14.9 Å². The fourth-order valence-electron chi connectivity index (χ4n) is 3.52. The minimum atomic E-state index is -3.10. The summed E-state index contributed by atoms with van der Waals surface area (Å²) in [6, 6.07) is 10.3. The Morgan fingerprint density at radius 1 is 1.28 bits per heavy atom. The highest BCUT2D eigenvalue weighted by Crippen LogP contribution is 2.19. The lowest BCUT2D eigenvalue weighted by Crippen LogP contribution is -2.50. The van der Waals surface area contributed by atoms with Crippen LogP contribution in [0.4, 0.5) is 0 Å². The van der Waals surface area contributed by atoms with E-state index in [4.69, 9.17) is 4.42 Å². The molecule has 1 aromatic heterocycles. The lowest BCUT2D eigenvalue weighted by molar-refractivity contribution is 0.306. The SMILES string of the molecule is CCCS(=O)(=O)N1CCC(NC(=NC)NCCc2cc3ccccc3o2)CC1.I. The Bertz CT molecular complexity index is 872. The third-order valence-corrected chi connectivity index (χ3v) is 7.09. The summed E-state index contributed by atoms with van der Waals surface area (Å²) < 4.78 is 31.8. The minimum absolute atomic E-state index is 0. The highest BCUT2D eigenvalue weighted by molar-refractivity contribution is 14.0. The van der Waals surface area contributed by atoms with Crippen molar-refractivity contribution in [3.63, 3.8) is 0 Å². The summed E-state index contributed by atoms with van der Waals surface area (Å²) in [5.41, 5.74) is 0.907. The van der Waals surface area contributed by atoms with E-state index in [1.165, 1.54) is 0 Å². The Kier molecular flexibility index (Phi) is 9.22. The molecule has 2 N–H and O–H groups in total. The molecule has 3 rings (SSSR count). The van der Waals surface area contributed by atoms with Gasteiger partial charge in [0.1, 0.15) is 11.3 Å². The molecule has 2 heterocycles. The highest BCUT2D eigenvalue weighted by Gasteiger charge is 2.27. The van der Waals surface area contributed by atoms with Gasteiger partial charge in [-0.3, -0.25) is 4.99 Å². The van der Waals surface area contributed by atoms with E-state index in [-0.39, 0.29) is 35.8 Å². The average molecular weight is 534 g/mol. The van der Waals surface area contributed by atoms with Crippen LogP contribution in [0.2, 0.25) is 0 Å². The van der Waals surface area contributed by atoms with Crippen molar-refractivity contribution in [3.8, 4) is 0 Å². The van der Waals surface area contributed by atoms with Crippen molar-refractivity contribution >= 4 is 50.9 Å². The summed E-state index contributed by atoms with van der Waals surface area (Å²) >= 11 is 0. The molecule has 0 atom stereocenters. The molecule has 9 heteroatoms. The number of aliphatic imine (C=N–C) groups is 1. The summed E-state index contributed by atoms with van der Waals surface area (Å²) in [7, 11) is -1.35. The van der Waals surface area contributed by atoms with Gasteiger partial charge in [-0.25, -0.2) is 12.7 Å². The number of nitrogens with one attached hydrogen (secondary N) is 2. The molecular weight excluding hydrogens is 503 g/mol. The second kappa shape index (κ2) is 11.2. The maximum Gasteiger partial charge on any atom is 0.214 e. The van der Waals surface area contributed by atoms with Crippen LogP contribution in [-0.4, -0.2) is 57.2 Å². The number of rotatable bonds is 7. The molecule has 0 bridgehead atoms. The number of piperidine rings is 1. The summed E-state index contributed by atoms with van der Waals surface area (Å²) in [6.07, 6.45) is 2.99. The van der Waals surface area contributed by atoms with Crippen molar-refractivity contribution in [2.45, 2.75) is 38.6 Å². The third kappa shape index (κ3) is 6.58. The molecule has 0 saturated carbocycles. The standard InChI is InChI=1S/C20H30N4O3S.HI/c1-3-14-28(25,26)24-12-9-17(10-13-24)23-20(21-2)22-11-8-18-15-16-6-4-5-7-19(16)27-18;/h4-7,15,17H,3,8-14H2,1-2H3,(H2,21,22,23);1H. The van der Waals surface area contributed by atoms with E-state index in [1.807, 2.05) is 31.2 Å². The summed E-state index contributed by atoms with van der Waals surface area (Å²) in [5, 5.41) is 7.84. The highest BCUT2D eigenvalue weighted by atomic mass is 127. The van der Waals surface area contributed by atoms with Crippen molar-refractivity contribution in [3.05, 3.63) is 36.1 Å². The third-order valence-electron chi connectivity index (χ3n) is 5.01. The molecule has 0 unspecified atom stereocenters. The zero-order valence-electron chi connectivity index (χ0n) is 17.1. The number of halogens is 1. The van der Waals surface area contributed by atoms with Crippen LogP contribution in [0.15, 0.2) is 39.7 Å². The number of nitrogens with zero attached hydrogens (tertiary/aromatic N) is 2. The molecule has 2 aromatic rings. The van der Waals surface area contributed by atoms with Gasteiger partial charge < -0.3 is 15.1 Å². The lowest BCUT2D eigenvalue weighted by atomic mass is 10.1. The zero-order valence-corrected chi connectivity index (χ0v) is 20.2. The summed E-state index contributed by atoms with van der Waals surface area (Å²) in [5.74, 6) is 1.92. The van der Waals surface area contributed by atoms with Crippen molar-refractivity contribution < 1.29 is 12.8 Å². The number of hydrogen-bond donors (Lipinski definition) is 2. The first-order valence-electron chi connectivity index (χ1n) is 9.94. The number of guanidine groups is 1. The number of fused-ring (bicyclic) bond motifs is 1. The smallest absolute Gasteiger partial charge is 0.214 e. The van der Waals surface area contributed by atoms with Crippen LogP contribution in [0.1, 0.15) is 31.9 Å². The van der Waals surface area contributed by atoms with Gasteiger partial charge in [0.05, 0.1) is 5.75 Å². The Labute approximate surface area is 190 Å². The number of sulfonamides is 1. The molecule has 0 aliphatic carbocycles. The Morgan fingerprint density at radius 2 is 2.00 bits per heavy atom. The van der Waals surface area contributed by atoms with Gasteiger partial charge >= 0.3 is 0 Å². The first-order chi connectivity index (χ1) is 13.5. The predicted molar refractivity (Wildman–Crippen MR) is 129 cm³/mol. The number of para-hydroxylation sites is 1. The molecule has 1 aliphatic rings. The van der Waals surface area contributed by atoms with Crippen molar-refractivity contribution in [2.75, 3.05) is 32.4 Å². The first kappa shape index (κ1) is 23.9. The van der Waals surface area contributed by atoms with Crippen LogP contribution >= 0.6 is 24.0 Å². The summed E-state index contributed by atoms with van der Waals surface area (Å²) in [4.78, 5) is 4.29. The molecule has 0 radical (unpaired) electrons. The topological polar surface area (TPSA) is 86.9 Å². The van der Waals surface area contributed by atoms with E-state index >= 15 is 0 Å². The normalized spacial score (nSPS) is 16.6. The minimum Gasteiger partial charge on any atom is -0.461 e. The van der Waals surface area contributed by atoms with Crippen LogP contribution in [0.5, 0.6) is 0 Å². The number of benzene rings is 1. The number of furan rings is 1. The van der Waals surface area contributed by atoms with Gasteiger partial charge in [0, 0.05) is 44.5 Å². The Hall–Kier alpha value is -1.33. The van der Waals surface area contributed by atoms with E-state index < -0.39 is 10.0 Å². The average Bonchev–Trinajstić information content (AvgIpc) is 3.10. The molecule has 1 aliphatic heterocycles. The van der Waals surface area contributed by atoms with Crippen LogP contribution in [0.25, 0.3) is 11.0 Å². The maximum absolute atomic E-state index is 12.2. The Morgan fingerprint density at radius 3 is 2.66 bits per heavy atom. The fourth-order valence-corrected chi connectivity index (χ4v) is 5.06. The van der Waals surface area contributed by atoms with E-state index in [2.05, 4.69) is 21.7 Å². The fraction of sp³-hybridized carbons (Fsp3) is 0.550. The maximum atomic E-state index is 12.2. The van der Waals surface area contributed by atoms with Crippen molar-refractivity contribution in [1.29, 1.82) is 0 Å². The van der Waals surface area contributed by atoms with Gasteiger partial charge in [0.2, 0.25) is 10.0 Å². The van der Waals surface area contributed by atoms with Gasteiger partial charge in [-0.2, -0.15) is 0 Å². The second-order valence-corrected chi connectivity index (χ2v) is 9.22. The molecular formula is C20H31IN4O3S. The largest absolute Gasteiger partial charge is 0.461 e. The summed E-state index contributed by atoms with van der Waals surface area (Å²) in [6.45, 7) is 3.74.